The van der Waals surface area contributed by atoms with Crippen LogP contribution in [0.3, 0.4) is 0 Å². The number of carboxylic acid groups (broad SMARTS) is 1. The van der Waals surface area contributed by atoms with Crippen molar-refractivity contribution in [2.24, 2.45) is 0 Å². The molecule has 0 aliphatic carbocycles. The lowest BCUT2D eigenvalue weighted by atomic mass is 10.2. The molecule has 0 amide bonds. The molecule has 0 saturated carbocycles. The number of nitrogens with one attached hydrogen (secondary N) is 2. The van der Waals surface area contributed by atoms with Crippen molar-refractivity contribution in [2.75, 3.05) is 5.43 Å². The van der Waals surface area contributed by atoms with Crippen LogP contribution in [0, 0.1) is 0 Å². The van der Waals surface area contributed by atoms with Gasteiger partial charge in [0.25, 0.3) is 0 Å². The zero-order valence-corrected chi connectivity index (χ0v) is 6.81. The van der Waals surface area contributed by atoms with E-state index in [1.54, 1.807) is 18.2 Å². The molecule has 0 unspecified atom stereocenters. The van der Waals surface area contributed by atoms with Gasteiger partial charge in [-0.1, -0.05) is 0 Å². The molecular formula is C7H6N2O2S. The maximum Gasteiger partial charge on any atom is 0.335 e. The van der Waals surface area contributed by atoms with E-state index < -0.39 is 5.97 Å². The van der Waals surface area contributed by atoms with E-state index in [1.165, 1.54) is 11.9 Å². The maximum absolute atomic E-state index is 10.5. The third kappa shape index (κ3) is 1.13. The van der Waals surface area contributed by atoms with Crippen LogP contribution in [-0.2, 0) is 0 Å². The predicted molar refractivity (Wildman–Crippen MR) is 46.0 cm³/mol. The summed E-state index contributed by atoms with van der Waals surface area (Å²) >= 11 is 1.43. The number of hydrogen-bond donors (Lipinski definition) is 3. The molecule has 0 spiro atoms. The van der Waals surface area contributed by atoms with Crippen LogP contribution in [0.15, 0.2) is 23.1 Å². The minimum Gasteiger partial charge on any atom is -0.478 e. The molecule has 1 aliphatic rings. The molecule has 2 rings (SSSR count). The molecule has 1 aliphatic heterocycles. The smallest absolute Gasteiger partial charge is 0.335 e. The van der Waals surface area contributed by atoms with Crippen molar-refractivity contribution in [2.45, 2.75) is 4.90 Å². The predicted octanol–water partition coefficient (Wildman–Crippen LogP) is 1.32. The highest BCUT2D eigenvalue weighted by Crippen LogP contribution is 2.30. The van der Waals surface area contributed by atoms with Gasteiger partial charge in [0.2, 0.25) is 0 Å². The van der Waals surface area contributed by atoms with E-state index in [4.69, 9.17) is 5.11 Å². The number of aromatic carboxylic acids is 1. The van der Waals surface area contributed by atoms with Crippen LogP contribution >= 0.6 is 11.9 Å². The molecule has 12 heavy (non-hydrogen) atoms. The van der Waals surface area contributed by atoms with E-state index in [-0.39, 0.29) is 0 Å². The van der Waals surface area contributed by atoms with Crippen LogP contribution in [-0.4, -0.2) is 11.1 Å². The minimum absolute atomic E-state index is 0.297. The van der Waals surface area contributed by atoms with Crippen molar-refractivity contribution in [3.05, 3.63) is 23.8 Å². The molecular weight excluding hydrogens is 176 g/mol. The number of anilines is 1. The largest absolute Gasteiger partial charge is 0.478 e. The van der Waals surface area contributed by atoms with Crippen LogP contribution in [0.4, 0.5) is 5.69 Å². The highest BCUT2D eigenvalue weighted by Gasteiger charge is 2.12. The quantitative estimate of drug-likeness (QED) is 0.572. The van der Waals surface area contributed by atoms with Crippen LogP contribution < -0.4 is 10.3 Å². The Bertz CT molecular complexity index is 340. The lowest BCUT2D eigenvalue weighted by Gasteiger charge is -1.97. The highest BCUT2D eigenvalue weighted by atomic mass is 32.2. The number of hydrazine groups is 1. The van der Waals surface area contributed by atoms with E-state index in [1.807, 2.05) is 0 Å². The third-order valence-corrected chi connectivity index (χ3v) is 2.35. The van der Waals surface area contributed by atoms with E-state index in [9.17, 15) is 4.79 Å². The topological polar surface area (TPSA) is 61.4 Å². The van der Waals surface area contributed by atoms with Gasteiger partial charge in [0.15, 0.2) is 0 Å². The Hall–Kier alpha value is -1.20. The van der Waals surface area contributed by atoms with Crippen molar-refractivity contribution < 1.29 is 9.90 Å². The van der Waals surface area contributed by atoms with E-state index in [0.29, 0.717) is 5.56 Å². The molecule has 0 aromatic heterocycles. The summed E-state index contributed by atoms with van der Waals surface area (Å²) in [5, 5.41) is 8.66. The van der Waals surface area contributed by atoms with Gasteiger partial charge in [0.1, 0.15) is 0 Å². The third-order valence-electron chi connectivity index (χ3n) is 1.57. The molecule has 62 valence electrons. The highest BCUT2D eigenvalue weighted by molar-refractivity contribution is 7.98. The van der Waals surface area contributed by atoms with Crippen LogP contribution in [0.25, 0.3) is 0 Å². The molecule has 3 N–H and O–H groups in total. The average molecular weight is 182 g/mol. The van der Waals surface area contributed by atoms with E-state index in [2.05, 4.69) is 10.3 Å². The number of carbonyl (C=O) groups is 1. The van der Waals surface area contributed by atoms with Gasteiger partial charge in [-0.2, -0.15) is 4.83 Å². The van der Waals surface area contributed by atoms with Gasteiger partial charge in [-0.25, -0.2) is 4.79 Å². The fraction of sp³-hybridized carbons (Fsp3) is 0. The Morgan fingerprint density at radius 1 is 1.50 bits per heavy atom. The number of rotatable bonds is 1. The average Bonchev–Trinajstić information content (AvgIpc) is 2.49. The lowest BCUT2D eigenvalue weighted by molar-refractivity contribution is 0.0697. The van der Waals surface area contributed by atoms with Gasteiger partial charge in [0, 0.05) is 4.90 Å². The van der Waals surface area contributed by atoms with Gasteiger partial charge in [0.05, 0.1) is 11.3 Å². The second-order valence-corrected chi connectivity index (χ2v) is 3.19. The first-order valence-corrected chi connectivity index (χ1v) is 4.14. The standard InChI is InChI=1S/C7H6N2O2S/c10-7(11)4-1-2-6-5(3-4)8-9-12-6/h1-3,8-9H,(H,10,11). The Labute approximate surface area is 73.1 Å². The Kier molecular flexibility index (Phi) is 1.67. The Balaban J connectivity index is 2.45. The SMILES string of the molecule is O=C(O)c1ccc2c(c1)NNS2. The zero-order chi connectivity index (χ0) is 8.55. The van der Waals surface area contributed by atoms with Gasteiger partial charge in [-0.05, 0) is 30.1 Å². The van der Waals surface area contributed by atoms with Gasteiger partial charge in [-0.3, -0.25) is 0 Å². The number of benzene rings is 1. The fourth-order valence-corrected chi connectivity index (χ4v) is 1.61. The van der Waals surface area contributed by atoms with E-state index in [0.717, 1.165) is 10.6 Å². The molecule has 5 heteroatoms. The van der Waals surface area contributed by atoms with Crippen LogP contribution in [0.2, 0.25) is 0 Å². The Morgan fingerprint density at radius 3 is 3.08 bits per heavy atom. The second kappa shape index (κ2) is 2.69. The monoisotopic (exact) mass is 182 g/mol. The van der Waals surface area contributed by atoms with Crippen LogP contribution in [0.5, 0.6) is 0 Å². The molecule has 0 saturated heterocycles. The van der Waals surface area contributed by atoms with Crippen molar-refractivity contribution in [1.29, 1.82) is 0 Å². The summed E-state index contributed by atoms with van der Waals surface area (Å²) in [6, 6.07) is 4.96. The summed E-state index contributed by atoms with van der Waals surface area (Å²) in [5.41, 5.74) is 3.96. The second-order valence-electron chi connectivity index (χ2n) is 2.35. The molecule has 0 bridgehead atoms. The molecule has 0 radical (unpaired) electrons. The molecule has 4 nitrogen and oxygen atoms in total. The first-order chi connectivity index (χ1) is 5.77. The van der Waals surface area contributed by atoms with Crippen LogP contribution in [0.1, 0.15) is 10.4 Å². The first kappa shape index (κ1) is 7.45. The van der Waals surface area contributed by atoms with Crippen molar-refractivity contribution in [3.8, 4) is 0 Å². The summed E-state index contributed by atoms with van der Waals surface area (Å²) in [5.74, 6) is -0.906. The first-order valence-electron chi connectivity index (χ1n) is 3.32. The normalized spacial score (nSPS) is 13.7. The van der Waals surface area contributed by atoms with Crippen molar-refractivity contribution in [3.63, 3.8) is 0 Å². The lowest BCUT2D eigenvalue weighted by Crippen LogP contribution is -2.05. The van der Waals surface area contributed by atoms with E-state index >= 15 is 0 Å². The van der Waals surface area contributed by atoms with Gasteiger partial charge in [-0.15, -0.1) is 0 Å². The molecule has 0 fully saturated rings. The summed E-state index contributed by atoms with van der Waals surface area (Å²) in [4.78, 5) is 14.4. The van der Waals surface area contributed by atoms with Gasteiger partial charge < -0.3 is 10.5 Å². The summed E-state index contributed by atoms with van der Waals surface area (Å²) in [6.45, 7) is 0. The van der Waals surface area contributed by atoms with Gasteiger partial charge >= 0.3 is 5.97 Å². The van der Waals surface area contributed by atoms with Crippen molar-refractivity contribution in [1.82, 2.24) is 4.83 Å². The molecule has 1 heterocycles. The summed E-state index contributed by atoms with van der Waals surface area (Å²) in [6.07, 6.45) is 0. The number of hydrogen-bond acceptors (Lipinski definition) is 4. The minimum atomic E-state index is -0.906. The maximum atomic E-state index is 10.5. The Morgan fingerprint density at radius 2 is 2.33 bits per heavy atom. The molecule has 1 aromatic carbocycles. The fourth-order valence-electron chi connectivity index (χ4n) is 0.985. The number of carboxylic acids is 1. The zero-order valence-electron chi connectivity index (χ0n) is 6.00. The number of fused-ring (bicyclic) bond motifs is 1. The summed E-state index contributed by atoms with van der Waals surface area (Å²) < 4.78 is 0. The summed E-state index contributed by atoms with van der Waals surface area (Å²) in [7, 11) is 0. The molecule has 0 atom stereocenters. The molecule has 1 aromatic rings. The van der Waals surface area contributed by atoms with Crippen molar-refractivity contribution >= 4 is 23.6 Å².